The van der Waals surface area contributed by atoms with E-state index >= 15 is 0 Å². The van der Waals surface area contributed by atoms with Gasteiger partial charge >= 0.3 is 0 Å². The minimum Gasteiger partial charge on any atom is -0.374 e. The number of nitrogens with zero attached hydrogens (tertiary/aromatic N) is 2. The van der Waals surface area contributed by atoms with Crippen LogP contribution in [0.4, 0.5) is 0 Å². The average molecular weight is 274 g/mol. The molecule has 1 saturated heterocycles. The molecule has 0 bridgehead atoms. The summed E-state index contributed by atoms with van der Waals surface area (Å²) in [5.41, 5.74) is 3.02. The maximum Gasteiger partial charge on any atom is 0.227 e. The smallest absolute Gasteiger partial charge is 0.227 e. The Morgan fingerprint density at radius 1 is 1.35 bits per heavy atom. The standard InChI is InChI=1S/C16H22N2O2/c1-11-7-13(8-12(2)17-11)9-16(19)18-5-6-20-15(10-18)14-3-4-14/h7-8,14-15H,3-6,9-10H2,1-2H3. The highest BCUT2D eigenvalue weighted by Crippen LogP contribution is 2.35. The fraction of sp³-hybridized carbons (Fsp3) is 0.625. The molecule has 2 fully saturated rings. The zero-order chi connectivity index (χ0) is 14.1. The molecule has 4 nitrogen and oxygen atoms in total. The number of carbonyl (C=O) groups excluding carboxylic acids is 1. The topological polar surface area (TPSA) is 42.4 Å². The lowest BCUT2D eigenvalue weighted by Gasteiger charge is -2.33. The van der Waals surface area contributed by atoms with Gasteiger partial charge in [-0.1, -0.05) is 0 Å². The molecule has 1 aromatic heterocycles. The Hall–Kier alpha value is -1.42. The van der Waals surface area contributed by atoms with Crippen molar-refractivity contribution in [1.29, 1.82) is 0 Å². The molecule has 1 amide bonds. The largest absolute Gasteiger partial charge is 0.374 e. The molecule has 1 aromatic rings. The molecule has 108 valence electrons. The van der Waals surface area contributed by atoms with E-state index in [9.17, 15) is 4.79 Å². The van der Waals surface area contributed by atoms with Crippen molar-refractivity contribution in [2.75, 3.05) is 19.7 Å². The van der Waals surface area contributed by atoms with Gasteiger partial charge < -0.3 is 9.64 Å². The number of hydrogen-bond acceptors (Lipinski definition) is 3. The van der Waals surface area contributed by atoms with Gasteiger partial charge in [-0.05, 0) is 50.3 Å². The lowest BCUT2D eigenvalue weighted by Crippen LogP contribution is -2.47. The van der Waals surface area contributed by atoms with Gasteiger partial charge in [-0.25, -0.2) is 0 Å². The van der Waals surface area contributed by atoms with E-state index in [-0.39, 0.29) is 12.0 Å². The van der Waals surface area contributed by atoms with Gasteiger partial charge in [-0.3, -0.25) is 9.78 Å². The Labute approximate surface area is 120 Å². The van der Waals surface area contributed by atoms with Gasteiger partial charge in [-0.15, -0.1) is 0 Å². The Balaban J connectivity index is 1.63. The normalized spacial score (nSPS) is 22.9. The third-order valence-electron chi connectivity index (χ3n) is 4.09. The zero-order valence-electron chi connectivity index (χ0n) is 12.3. The lowest BCUT2D eigenvalue weighted by molar-refractivity contribution is -0.138. The van der Waals surface area contributed by atoms with E-state index in [0.717, 1.165) is 30.0 Å². The molecule has 1 unspecified atom stereocenters. The number of ether oxygens (including phenoxy) is 1. The van der Waals surface area contributed by atoms with Crippen LogP contribution in [0.15, 0.2) is 12.1 Å². The first kappa shape index (κ1) is 13.6. The molecule has 0 radical (unpaired) electrons. The molecular weight excluding hydrogens is 252 g/mol. The minimum atomic E-state index is 0.212. The monoisotopic (exact) mass is 274 g/mol. The Kier molecular flexibility index (Phi) is 3.74. The SMILES string of the molecule is Cc1cc(CC(=O)N2CCOC(C3CC3)C2)cc(C)n1. The summed E-state index contributed by atoms with van der Waals surface area (Å²) >= 11 is 0. The Morgan fingerprint density at radius 3 is 2.70 bits per heavy atom. The van der Waals surface area contributed by atoms with Crippen LogP contribution in [-0.2, 0) is 16.0 Å². The van der Waals surface area contributed by atoms with Crippen molar-refractivity contribution >= 4 is 5.91 Å². The summed E-state index contributed by atoms with van der Waals surface area (Å²) in [6.45, 7) is 6.12. The first-order chi connectivity index (χ1) is 9.61. The quantitative estimate of drug-likeness (QED) is 0.845. The zero-order valence-corrected chi connectivity index (χ0v) is 12.3. The second-order valence-electron chi connectivity index (χ2n) is 6.02. The number of aromatic nitrogens is 1. The van der Waals surface area contributed by atoms with Gasteiger partial charge in [0, 0.05) is 24.5 Å². The van der Waals surface area contributed by atoms with Gasteiger partial charge in [0.05, 0.1) is 19.1 Å². The summed E-state index contributed by atoms with van der Waals surface area (Å²) in [5, 5.41) is 0. The van der Waals surface area contributed by atoms with Crippen LogP contribution in [0, 0.1) is 19.8 Å². The molecule has 0 aromatic carbocycles. The summed E-state index contributed by atoms with van der Waals surface area (Å²) < 4.78 is 5.77. The van der Waals surface area contributed by atoms with Crippen molar-refractivity contribution < 1.29 is 9.53 Å². The average Bonchev–Trinajstić information content (AvgIpc) is 3.22. The van der Waals surface area contributed by atoms with Crippen molar-refractivity contribution in [2.24, 2.45) is 5.92 Å². The van der Waals surface area contributed by atoms with Crippen molar-refractivity contribution in [1.82, 2.24) is 9.88 Å². The van der Waals surface area contributed by atoms with Crippen molar-refractivity contribution in [2.45, 2.75) is 39.2 Å². The number of amides is 1. The Bertz CT molecular complexity index is 491. The molecule has 4 heteroatoms. The summed E-state index contributed by atoms with van der Waals surface area (Å²) in [5.74, 6) is 0.903. The fourth-order valence-electron chi connectivity index (χ4n) is 2.96. The van der Waals surface area contributed by atoms with Crippen LogP contribution in [0.5, 0.6) is 0 Å². The van der Waals surface area contributed by atoms with Crippen LogP contribution >= 0.6 is 0 Å². The lowest BCUT2D eigenvalue weighted by atomic mass is 10.1. The minimum absolute atomic E-state index is 0.212. The van der Waals surface area contributed by atoms with Crippen molar-refractivity contribution in [3.05, 3.63) is 29.1 Å². The molecular formula is C16H22N2O2. The van der Waals surface area contributed by atoms with E-state index in [1.807, 2.05) is 30.9 Å². The summed E-state index contributed by atoms with van der Waals surface area (Å²) in [4.78, 5) is 18.8. The first-order valence-electron chi connectivity index (χ1n) is 7.45. The van der Waals surface area contributed by atoms with Crippen LogP contribution in [0.2, 0.25) is 0 Å². The second kappa shape index (κ2) is 5.52. The molecule has 2 heterocycles. The predicted octanol–water partition coefficient (Wildman–Crippen LogP) is 1.88. The predicted molar refractivity (Wildman–Crippen MR) is 76.5 cm³/mol. The van der Waals surface area contributed by atoms with Gasteiger partial charge in [0.1, 0.15) is 0 Å². The van der Waals surface area contributed by atoms with Crippen LogP contribution < -0.4 is 0 Å². The number of morpholine rings is 1. The molecule has 1 aliphatic carbocycles. The highest BCUT2D eigenvalue weighted by molar-refractivity contribution is 5.79. The van der Waals surface area contributed by atoms with Gasteiger partial charge in [0.15, 0.2) is 0 Å². The number of hydrogen-bond donors (Lipinski definition) is 0. The van der Waals surface area contributed by atoms with E-state index in [0.29, 0.717) is 18.9 Å². The Morgan fingerprint density at radius 2 is 2.05 bits per heavy atom. The molecule has 3 rings (SSSR count). The van der Waals surface area contributed by atoms with Crippen molar-refractivity contribution in [3.8, 4) is 0 Å². The number of rotatable bonds is 3. The van der Waals surface area contributed by atoms with Crippen LogP contribution in [0.3, 0.4) is 0 Å². The molecule has 1 atom stereocenters. The van der Waals surface area contributed by atoms with Crippen LogP contribution in [-0.4, -0.2) is 41.6 Å². The highest BCUT2D eigenvalue weighted by Gasteiger charge is 2.36. The van der Waals surface area contributed by atoms with E-state index in [1.165, 1.54) is 12.8 Å². The van der Waals surface area contributed by atoms with Crippen LogP contribution in [0.1, 0.15) is 29.8 Å². The maximum absolute atomic E-state index is 12.4. The van der Waals surface area contributed by atoms with E-state index in [4.69, 9.17) is 4.74 Å². The van der Waals surface area contributed by atoms with Gasteiger partial charge in [0.25, 0.3) is 0 Å². The molecule has 0 N–H and O–H groups in total. The summed E-state index contributed by atoms with van der Waals surface area (Å²) in [7, 11) is 0. The third-order valence-corrected chi connectivity index (χ3v) is 4.09. The van der Waals surface area contributed by atoms with Gasteiger partial charge in [0.2, 0.25) is 5.91 Å². The summed E-state index contributed by atoms with van der Waals surface area (Å²) in [6, 6.07) is 4.01. The van der Waals surface area contributed by atoms with E-state index < -0.39 is 0 Å². The van der Waals surface area contributed by atoms with E-state index in [1.54, 1.807) is 0 Å². The van der Waals surface area contributed by atoms with Crippen LogP contribution in [0.25, 0.3) is 0 Å². The number of carbonyl (C=O) groups is 1. The third kappa shape index (κ3) is 3.18. The molecule has 2 aliphatic rings. The fourth-order valence-corrected chi connectivity index (χ4v) is 2.96. The first-order valence-corrected chi connectivity index (χ1v) is 7.45. The molecule has 20 heavy (non-hydrogen) atoms. The second-order valence-corrected chi connectivity index (χ2v) is 6.02. The molecule has 1 aliphatic heterocycles. The molecule has 1 saturated carbocycles. The highest BCUT2D eigenvalue weighted by atomic mass is 16.5. The van der Waals surface area contributed by atoms with E-state index in [2.05, 4.69) is 4.98 Å². The maximum atomic E-state index is 12.4. The molecule has 0 spiro atoms. The van der Waals surface area contributed by atoms with Gasteiger partial charge in [-0.2, -0.15) is 0 Å². The summed E-state index contributed by atoms with van der Waals surface area (Å²) in [6.07, 6.45) is 3.26. The number of pyridine rings is 1. The van der Waals surface area contributed by atoms with Crippen molar-refractivity contribution in [3.63, 3.8) is 0 Å². The number of aryl methyl sites for hydroxylation is 2.